The second-order valence-corrected chi connectivity index (χ2v) is 4.29. The van der Waals surface area contributed by atoms with E-state index in [1.807, 2.05) is 42.5 Å². The van der Waals surface area contributed by atoms with Crippen LogP contribution in [0.25, 0.3) is 0 Å². The molecule has 5 heteroatoms. The lowest BCUT2D eigenvalue weighted by Gasteiger charge is -2.09. The van der Waals surface area contributed by atoms with Gasteiger partial charge in [-0.1, -0.05) is 47.6 Å². The van der Waals surface area contributed by atoms with Crippen LogP contribution in [0.3, 0.4) is 0 Å². The molecular weight excluding hydrogens is 268 g/mol. The van der Waals surface area contributed by atoms with E-state index in [1.54, 1.807) is 12.1 Å². The normalized spacial score (nSPS) is 11.2. The molecule has 21 heavy (non-hydrogen) atoms. The number of nitrogens with two attached hydrogens (primary N) is 1. The van der Waals surface area contributed by atoms with Crippen LogP contribution in [-0.4, -0.2) is 24.2 Å². The third kappa shape index (κ3) is 4.59. The standard InChI is InChI=1S/C16H18N2O3/c17-12-21-18-16(14-4-2-1-3-5-14)11-20-15-8-6-13(10-19)7-9-15/h1-9,19H,10-12,17H2/b18-16+. The van der Waals surface area contributed by atoms with Crippen molar-refractivity contribution in [1.82, 2.24) is 0 Å². The molecule has 2 rings (SSSR count). The second-order valence-electron chi connectivity index (χ2n) is 4.29. The average Bonchev–Trinajstić information content (AvgIpc) is 2.56. The number of benzene rings is 2. The summed E-state index contributed by atoms with van der Waals surface area (Å²) in [6.07, 6.45) is 0. The van der Waals surface area contributed by atoms with Crippen LogP contribution >= 0.6 is 0 Å². The summed E-state index contributed by atoms with van der Waals surface area (Å²) in [7, 11) is 0. The first-order chi connectivity index (χ1) is 10.3. The number of oxime groups is 1. The number of rotatable bonds is 7. The minimum Gasteiger partial charge on any atom is -0.487 e. The Labute approximate surface area is 123 Å². The minimum atomic E-state index is 0.0152. The van der Waals surface area contributed by atoms with E-state index in [2.05, 4.69) is 5.16 Å². The first-order valence-electron chi connectivity index (χ1n) is 6.60. The molecule has 110 valence electrons. The van der Waals surface area contributed by atoms with Crippen molar-refractivity contribution >= 4 is 5.71 Å². The monoisotopic (exact) mass is 286 g/mol. The minimum absolute atomic E-state index is 0.0152. The van der Waals surface area contributed by atoms with Crippen LogP contribution in [-0.2, 0) is 11.4 Å². The summed E-state index contributed by atoms with van der Waals surface area (Å²) in [5.74, 6) is 0.698. The Morgan fingerprint density at radius 3 is 2.38 bits per heavy atom. The summed E-state index contributed by atoms with van der Waals surface area (Å²) >= 11 is 0. The van der Waals surface area contributed by atoms with Gasteiger partial charge in [-0.25, -0.2) is 0 Å². The Hall–Kier alpha value is -2.37. The highest BCUT2D eigenvalue weighted by molar-refractivity contribution is 6.01. The van der Waals surface area contributed by atoms with E-state index in [1.165, 1.54) is 0 Å². The molecule has 0 aliphatic carbocycles. The molecule has 0 unspecified atom stereocenters. The molecule has 0 aliphatic rings. The first kappa shape index (κ1) is 15.0. The van der Waals surface area contributed by atoms with Gasteiger partial charge in [-0.15, -0.1) is 0 Å². The fourth-order valence-corrected chi connectivity index (χ4v) is 1.75. The molecule has 2 aromatic carbocycles. The van der Waals surface area contributed by atoms with Crippen molar-refractivity contribution in [2.24, 2.45) is 10.9 Å². The molecule has 0 spiro atoms. The maximum Gasteiger partial charge on any atom is 0.165 e. The van der Waals surface area contributed by atoms with Crippen molar-refractivity contribution in [2.75, 3.05) is 13.3 Å². The smallest absolute Gasteiger partial charge is 0.165 e. The number of ether oxygens (including phenoxy) is 1. The lowest BCUT2D eigenvalue weighted by Crippen LogP contribution is -2.14. The molecule has 0 saturated carbocycles. The third-order valence-electron chi connectivity index (χ3n) is 2.84. The van der Waals surface area contributed by atoms with Gasteiger partial charge in [-0.05, 0) is 17.7 Å². The largest absolute Gasteiger partial charge is 0.487 e. The van der Waals surface area contributed by atoms with E-state index >= 15 is 0 Å². The van der Waals surface area contributed by atoms with Crippen molar-refractivity contribution in [2.45, 2.75) is 6.61 Å². The molecule has 0 aromatic heterocycles. The summed E-state index contributed by atoms with van der Waals surface area (Å²) in [4.78, 5) is 4.93. The number of aliphatic hydroxyl groups excluding tert-OH is 1. The zero-order chi connectivity index (χ0) is 14.9. The predicted molar refractivity (Wildman–Crippen MR) is 81.0 cm³/mol. The van der Waals surface area contributed by atoms with E-state index in [0.717, 1.165) is 11.1 Å². The topological polar surface area (TPSA) is 77.1 Å². The lowest BCUT2D eigenvalue weighted by molar-refractivity contribution is 0.150. The Kier molecular flexibility index (Phi) is 5.75. The molecule has 5 nitrogen and oxygen atoms in total. The Balaban J connectivity index is 2.05. The summed E-state index contributed by atoms with van der Waals surface area (Å²) in [5, 5.41) is 13.0. The van der Waals surface area contributed by atoms with Crippen LogP contribution in [0.4, 0.5) is 0 Å². The van der Waals surface area contributed by atoms with Crippen molar-refractivity contribution < 1.29 is 14.7 Å². The molecule has 0 saturated heterocycles. The van der Waals surface area contributed by atoms with E-state index < -0.39 is 0 Å². The van der Waals surface area contributed by atoms with Crippen molar-refractivity contribution in [1.29, 1.82) is 0 Å². The molecule has 0 amide bonds. The van der Waals surface area contributed by atoms with Crippen LogP contribution in [0.15, 0.2) is 59.8 Å². The lowest BCUT2D eigenvalue weighted by atomic mass is 10.1. The van der Waals surface area contributed by atoms with Gasteiger partial charge in [0.25, 0.3) is 0 Å². The molecule has 0 heterocycles. The molecular formula is C16H18N2O3. The first-order valence-corrected chi connectivity index (χ1v) is 6.60. The van der Waals surface area contributed by atoms with Crippen molar-refractivity contribution in [3.05, 3.63) is 65.7 Å². The Morgan fingerprint density at radius 1 is 1.05 bits per heavy atom. The Morgan fingerprint density at radius 2 is 1.76 bits per heavy atom. The molecule has 3 N–H and O–H groups in total. The fraction of sp³-hybridized carbons (Fsp3) is 0.188. The zero-order valence-electron chi connectivity index (χ0n) is 11.6. The quantitative estimate of drug-likeness (QED) is 0.463. The zero-order valence-corrected chi connectivity index (χ0v) is 11.6. The Bertz CT molecular complexity index is 568. The van der Waals surface area contributed by atoms with Gasteiger partial charge in [0.2, 0.25) is 0 Å². The summed E-state index contributed by atoms with van der Waals surface area (Å²) in [6, 6.07) is 16.9. The molecule has 0 aliphatic heterocycles. The summed E-state index contributed by atoms with van der Waals surface area (Å²) < 4.78 is 5.69. The van der Waals surface area contributed by atoms with Gasteiger partial charge < -0.3 is 14.7 Å². The van der Waals surface area contributed by atoms with E-state index in [0.29, 0.717) is 11.5 Å². The van der Waals surface area contributed by atoms with Crippen LogP contribution < -0.4 is 10.5 Å². The maximum absolute atomic E-state index is 9.00. The van der Waals surface area contributed by atoms with Gasteiger partial charge in [0.1, 0.15) is 18.1 Å². The van der Waals surface area contributed by atoms with E-state index in [9.17, 15) is 0 Å². The van der Waals surface area contributed by atoms with Gasteiger partial charge in [-0.2, -0.15) is 0 Å². The van der Waals surface area contributed by atoms with Crippen LogP contribution in [0.5, 0.6) is 5.75 Å². The fourth-order valence-electron chi connectivity index (χ4n) is 1.75. The average molecular weight is 286 g/mol. The second kappa shape index (κ2) is 8.04. The number of aliphatic hydroxyl groups is 1. The highest BCUT2D eigenvalue weighted by Crippen LogP contribution is 2.13. The predicted octanol–water partition coefficient (Wildman–Crippen LogP) is 1.89. The van der Waals surface area contributed by atoms with Gasteiger partial charge in [-0.3, -0.25) is 5.73 Å². The highest BCUT2D eigenvalue weighted by Gasteiger charge is 2.06. The van der Waals surface area contributed by atoms with E-state index in [-0.39, 0.29) is 19.9 Å². The van der Waals surface area contributed by atoms with E-state index in [4.69, 9.17) is 20.4 Å². The number of hydrogen-bond donors (Lipinski definition) is 2. The van der Waals surface area contributed by atoms with Gasteiger partial charge in [0.05, 0.1) is 6.61 Å². The van der Waals surface area contributed by atoms with Crippen LogP contribution in [0.1, 0.15) is 11.1 Å². The van der Waals surface area contributed by atoms with Crippen molar-refractivity contribution in [3.8, 4) is 5.75 Å². The highest BCUT2D eigenvalue weighted by atomic mass is 16.6. The van der Waals surface area contributed by atoms with Crippen molar-refractivity contribution in [3.63, 3.8) is 0 Å². The number of hydrogen-bond acceptors (Lipinski definition) is 5. The molecule has 0 bridgehead atoms. The third-order valence-corrected chi connectivity index (χ3v) is 2.84. The molecule has 0 fully saturated rings. The van der Waals surface area contributed by atoms with Gasteiger partial charge in [0.15, 0.2) is 6.73 Å². The summed E-state index contributed by atoms with van der Waals surface area (Å²) in [5.41, 5.74) is 7.71. The van der Waals surface area contributed by atoms with Gasteiger partial charge in [0, 0.05) is 5.56 Å². The SMILES string of the molecule is NCO/N=C(\COc1ccc(CO)cc1)c1ccccc1. The summed E-state index contributed by atoms with van der Waals surface area (Å²) in [6.45, 7) is 0.297. The number of nitrogens with zero attached hydrogens (tertiary/aromatic N) is 1. The van der Waals surface area contributed by atoms with Crippen LogP contribution in [0.2, 0.25) is 0 Å². The maximum atomic E-state index is 9.00. The van der Waals surface area contributed by atoms with Gasteiger partial charge >= 0.3 is 0 Å². The van der Waals surface area contributed by atoms with Crippen LogP contribution in [0, 0.1) is 0 Å². The molecule has 0 radical (unpaired) electrons. The molecule has 2 aromatic rings. The molecule has 0 atom stereocenters.